The molecule has 1 atom stereocenters. The molecule has 3 heteroatoms. The summed E-state index contributed by atoms with van der Waals surface area (Å²) in [5.41, 5.74) is 1.24. The Bertz CT molecular complexity index is 300. The van der Waals surface area contributed by atoms with Gasteiger partial charge in [0.25, 0.3) is 0 Å². The van der Waals surface area contributed by atoms with Gasteiger partial charge in [0, 0.05) is 13.0 Å². The highest BCUT2D eigenvalue weighted by molar-refractivity contribution is 5.77. The predicted octanol–water partition coefficient (Wildman–Crippen LogP) is 0.744. The SMILES string of the molecule is O=C1COC(Cc2ccccc2)CN1. The van der Waals surface area contributed by atoms with Crippen LogP contribution in [0.5, 0.6) is 0 Å². The van der Waals surface area contributed by atoms with Crippen molar-refractivity contribution in [1.82, 2.24) is 5.32 Å². The van der Waals surface area contributed by atoms with Gasteiger partial charge in [-0.3, -0.25) is 4.79 Å². The van der Waals surface area contributed by atoms with Gasteiger partial charge in [0.1, 0.15) is 6.61 Å². The van der Waals surface area contributed by atoms with Crippen LogP contribution in [0.2, 0.25) is 0 Å². The lowest BCUT2D eigenvalue weighted by molar-refractivity contribution is -0.133. The van der Waals surface area contributed by atoms with Gasteiger partial charge in [0.2, 0.25) is 5.91 Å². The van der Waals surface area contributed by atoms with Gasteiger partial charge in [-0.2, -0.15) is 0 Å². The zero-order valence-electron chi connectivity index (χ0n) is 7.90. The van der Waals surface area contributed by atoms with Gasteiger partial charge in [-0.15, -0.1) is 0 Å². The molecule has 1 heterocycles. The number of hydrogen-bond donors (Lipinski definition) is 1. The molecule has 0 bridgehead atoms. The van der Waals surface area contributed by atoms with E-state index in [1.54, 1.807) is 0 Å². The summed E-state index contributed by atoms with van der Waals surface area (Å²) in [6.45, 7) is 0.811. The van der Waals surface area contributed by atoms with E-state index >= 15 is 0 Å². The minimum atomic E-state index is -0.0192. The van der Waals surface area contributed by atoms with Gasteiger partial charge in [-0.25, -0.2) is 0 Å². The number of benzene rings is 1. The average molecular weight is 191 g/mol. The Labute approximate surface area is 83.1 Å². The first kappa shape index (κ1) is 9.21. The van der Waals surface area contributed by atoms with E-state index in [4.69, 9.17) is 4.74 Å². The predicted molar refractivity (Wildman–Crippen MR) is 52.9 cm³/mol. The van der Waals surface area contributed by atoms with E-state index in [2.05, 4.69) is 17.4 Å². The number of rotatable bonds is 2. The third-order valence-electron chi connectivity index (χ3n) is 2.28. The van der Waals surface area contributed by atoms with Crippen molar-refractivity contribution in [3.63, 3.8) is 0 Å². The van der Waals surface area contributed by atoms with Gasteiger partial charge in [-0.1, -0.05) is 30.3 Å². The topological polar surface area (TPSA) is 38.3 Å². The fraction of sp³-hybridized carbons (Fsp3) is 0.364. The molecule has 1 unspecified atom stereocenters. The molecule has 14 heavy (non-hydrogen) atoms. The molecule has 1 N–H and O–H groups in total. The van der Waals surface area contributed by atoms with Crippen LogP contribution in [0.3, 0.4) is 0 Å². The molecule has 0 aliphatic carbocycles. The lowest BCUT2D eigenvalue weighted by atomic mass is 10.1. The fourth-order valence-electron chi connectivity index (χ4n) is 1.54. The van der Waals surface area contributed by atoms with Gasteiger partial charge < -0.3 is 10.1 Å². The van der Waals surface area contributed by atoms with E-state index in [1.807, 2.05) is 18.2 Å². The molecular weight excluding hydrogens is 178 g/mol. The Morgan fingerprint density at radius 2 is 2.14 bits per heavy atom. The molecule has 74 valence electrons. The molecule has 1 aliphatic heterocycles. The van der Waals surface area contributed by atoms with Crippen molar-refractivity contribution in [2.45, 2.75) is 12.5 Å². The number of ether oxygens (including phenoxy) is 1. The number of carbonyl (C=O) groups is 1. The Morgan fingerprint density at radius 3 is 2.79 bits per heavy atom. The first-order valence-electron chi connectivity index (χ1n) is 4.77. The molecule has 0 saturated carbocycles. The highest BCUT2D eigenvalue weighted by Gasteiger charge is 2.18. The van der Waals surface area contributed by atoms with E-state index in [-0.39, 0.29) is 18.6 Å². The maximum absolute atomic E-state index is 10.8. The maximum Gasteiger partial charge on any atom is 0.246 e. The smallest absolute Gasteiger partial charge is 0.246 e. The normalized spacial score (nSPS) is 21.7. The molecule has 1 fully saturated rings. The molecule has 0 aromatic heterocycles. The number of hydrogen-bond acceptors (Lipinski definition) is 2. The number of carbonyl (C=O) groups excluding carboxylic acids is 1. The largest absolute Gasteiger partial charge is 0.366 e. The summed E-state index contributed by atoms with van der Waals surface area (Å²) in [4.78, 5) is 10.8. The summed E-state index contributed by atoms with van der Waals surface area (Å²) in [5.74, 6) is -0.0192. The summed E-state index contributed by atoms with van der Waals surface area (Å²) in [7, 11) is 0. The van der Waals surface area contributed by atoms with E-state index in [1.165, 1.54) is 5.56 Å². The minimum absolute atomic E-state index is 0.0192. The number of nitrogens with one attached hydrogen (secondary N) is 1. The highest BCUT2D eigenvalue weighted by atomic mass is 16.5. The van der Waals surface area contributed by atoms with Crippen LogP contribution in [0.4, 0.5) is 0 Å². The molecule has 1 aromatic carbocycles. The quantitative estimate of drug-likeness (QED) is 0.749. The lowest BCUT2D eigenvalue weighted by Gasteiger charge is -2.23. The van der Waals surface area contributed by atoms with Crippen LogP contribution in [-0.4, -0.2) is 25.2 Å². The van der Waals surface area contributed by atoms with Crippen molar-refractivity contribution in [2.24, 2.45) is 0 Å². The minimum Gasteiger partial charge on any atom is -0.366 e. The van der Waals surface area contributed by atoms with E-state index in [0.717, 1.165) is 6.42 Å². The van der Waals surface area contributed by atoms with Crippen LogP contribution in [-0.2, 0) is 16.0 Å². The second kappa shape index (κ2) is 4.24. The second-order valence-electron chi connectivity index (χ2n) is 3.43. The van der Waals surface area contributed by atoms with Crippen molar-refractivity contribution in [3.05, 3.63) is 35.9 Å². The summed E-state index contributed by atoms with van der Waals surface area (Å²) in [5, 5.41) is 2.79. The third kappa shape index (κ3) is 2.33. The molecule has 1 saturated heterocycles. The molecular formula is C11H13NO2. The Balaban J connectivity index is 1.89. The Morgan fingerprint density at radius 1 is 1.36 bits per heavy atom. The average Bonchev–Trinajstić information content (AvgIpc) is 2.23. The molecule has 2 rings (SSSR count). The van der Waals surface area contributed by atoms with Crippen LogP contribution in [0.25, 0.3) is 0 Å². The number of morpholine rings is 1. The van der Waals surface area contributed by atoms with E-state index in [9.17, 15) is 4.79 Å². The summed E-state index contributed by atoms with van der Waals surface area (Å²) >= 11 is 0. The lowest BCUT2D eigenvalue weighted by Crippen LogP contribution is -2.43. The second-order valence-corrected chi connectivity index (χ2v) is 3.43. The van der Waals surface area contributed by atoms with Crippen LogP contribution < -0.4 is 5.32 Å². The van der Waals surface area contributed by atoms with Crippen LogP contribution in [0.1, 0.15) is 5.56 Å². The molecule has 0 radical (unpaired) electrons. The van der Waals surface area contributed by atoms with Crippen LogP contribution in [0.15, 0.2) is 30.3 Å². The third-order valence-corrected chi connectivity index (χ3v) is 2.28. The summed E-state index contributed by atoms with van der Waals surface area (Å²) in [6.07, 6.45) is 0.983. The van der Waals surface area contributed by atoms with Crippen molar-refractivity contribution in [3.8, 4) is 0 Å². The molecule has 1 aromatic rings. The molecule has 1 aliphatic rings. The van der Waals surface area contributed by atoms with Crippen molar-refractivity contribution in [1.29, 1.82) is 0 Å². The fourth-order valence-corrected chi connectivity index (χ4v) is 1.54. The van der Waals surface area contributed by atoms with Crippen molar-refractivity contribution in [2.75, 3.05) is 13.2 Å². The first-order chi connectivity index (χ1) is 6.84. The maximum atomic E-state index is 10.8. The standard InChI is InChI=1S/C11H13NO2/c13-11-8-14-10(7-12-11)6-9-4-2-1-3-5-9/h1-5,10H,6-8H2,(H,12,13). The van der Waals surface area contributed by atoms with Crippen molar-refractivity contribution >= 4 is 5.91 Å². The molecule has 3 nitrogen and oxygen atoms in total. The van der Waals surface area contributed by atoms with Gasteiger partial charge >= 0.3 is 0 Å². The van der Waals surface area contributed by atoms with E-state index < -0.39 is 0 Å². The van der Waals surface area contributed by atoms with Crippen LogP contribution >= 0.6 is 0 Å². The first-order valence-corrected chi connectivity index (χ1v) is 4.77. The zero-order chi connectivity index (χ0) is 9.80. The number of amides is 1. The molecule has 0 spiro atoms. The van der Waals surface area contributed by atoms with Gasteiger partial charge in [0.05, 0.1) is 6.10 Å². The van der Waals surface area contributed by atoms with Gasteiger partial charge in [-0.05, 0) is 5.56 Å². The zero-order valence-corrected chi connectivity index (χ0v) is 7.90. The Kier molecular flexibility index (Phi) is 2.79. The van der Waals surface area contributed by atoms with Crippen molar-refractivity contribution < 1.29 is 9.53 Å². The summed E-state index contributed by atoms with van der Waals surface area (Å²) < 4.78 is 5.38. The highest BCUT2D eigenvalue weighted by Crippen LogP contribution is 2.07. The van der Waals surface area contributed by atoms with Crippen LogP contribution in [0, 0.1) is 0 Å². The molecule has 1 amide bonds. The summed E-state index contributed by atoms with van der Waals surface area (Å²) in [6, 6.07) is 10.2. The van der Waals surface area contributed by atoms with E-state index in [0.29, 0.717) is 6.54 Å². The monoisotopic (exact) mass is 191 g/mol. The Hall–Kier alpha value is -1.35. The van der Waals surface area contributed by atoms with Gasteiger partial charge in [0.15, 0.2) is 0 Å².